The molecule has 0 aromatic heterocycles. The zero-order chi connectivity index (χ0) is 14.7. The summed E-state index contributed by atoms with van der Waals surface area (Å²) in [6.45, 7) is 0.470. The lowest BCUT2D eigenvalue weighted by Gasteiger charge is -2.11. The van der Waals surface area contributed by atoms with Crippen molar-refractivity contribution >= 4 is 54.8 Å². The van der Waals surface area contributed by atoms with Crippen molar-refractivity contribution < 1.29 is 4.92 Å². The van der Waals surface area contributed by atoms with E-state index in [0.29, 0.717) is 11.6 Å². The quantitative estimate of drug-likeness (QED) is 0.533. The van der Waals surface area contributed by atoms with E-state index in [0.717, 1.165) is 20.2 Å². The van der Waals surface area contributed by atoms with E-state index in [-0.39, 0.29) is 5.69 Å². The average molecular weight is 420 g/mol. The maximum absolute atomic E-state index is 10.7. The van der Waals surface area contributed by atoms with Crippen molar-refractivity contribution in [3.8, 4) is 0 Å². The summed E-state index contributed by atoms with van der Waals surface area (Å²) in [6.07, 6.45) is 0. The molecule has 0 saturated heterocycles. The molecule has 0 aliphatic carbocycles. The Kier molecular flexibility index (Phi) is 5.01. The summed E-state index contributed by atoms with van der Waals surface area (Å²) >= 11 is 13.0. The molecule has 0 atom stereocenters. The first-order chi connectivity index (χ1) is 9.49. The first-order valence-electron chi connectivity index (χ1n) is 5.59. The summed E-state index contributed by atoms with van der Waals surface area (Å²) < 4.78 is 1.84. The molecular weight excluding hydrogens is 411 g/mol. The van der Waals surface area contributed by atoms with Crippen LogP contribution >= 0.6 is 43.5 Å². The van der Waals surface area contributed by atoms with Gasteiger partial charge in [0.1, 0.15) is 0 Å². The minimum atomic E-state index is -0.465. The second-order valence-electron chi connectivity index (χ2n) is 3.98. The maximum Gasteiger partial charge on any atom is 0.270 e. The molecule has 0 saturated carbocycles. The van der Waals surface area contributed by atoms with E-state index in [1.807, 2.05) is 18.2 Å². The second-order valence-corrected chi connectivity index (χ2v) is 6.10. The number of benzene rings is 2. The van der Waals surface area contributed by atoms with Gasteiger partial charge in [0.25, 0.3) is 5.69 Å². The molecule has 0 aliphatic rings. The van der Waals surface area contributed by atoms with Gasteiger partial charge < -0.3 is 5.32 Å². The lowest BCUT2D eigenvalue weighted by molar-refractivity contribution is -0.384. The summed E-state index contributed by atoms with van der Waals surface area (Å²) in [6, 6.07) is 10.2. The van der Waals surface area contributed by atoms with E-state index in [1.165, 1.54) is 12.1 Å². The smallest absolute Gasteiger partial charge is 0.270 e. The van der Waals surface area contributed by atoms with Crippen molar-refractivity contribution in [3.63, 3.8) is 0 Å². The van der Waals surface area contributed by atoms with E-state index >= 15 is 0 Å². The van der Waals surface area contributed by atoms with Crippen LogP contribution in [0.3, 0.4) is 0 Å². The number of nitrogens with zero attached hydrogens (tertiary/aromatic N) is 1. The summed E-state index contributed by atoms with van der Waals surface area (Å²) in [7, 11) is 0. The highest BCUT2D eigenvalue weighted by atomic mass is 79.9. The molecule has 0 heterocycles. The molecule has 0 unspecified atom stereocenters. The minimum absolute atomic E-state index is 0.0131. The molecule has 20 heavy (non-hydrogen) atoms. The number of hydrogen-bond donors (Lipinski definition) is 1. The highest BCUT2D eigenvalue weighted by Gasteiger charge is 2.10. The Balaban J connectivity index is 2.17. The van der Waals surface area contributed by atoms with Gasteiger partial charge >= 0.3 is 0 Å². The van der Waals surface area contributed by atoms with Crippen molar-refractivity contribution in [2.45, 2.75) is 6.54 Å². The van der Waals surface area contributed by atoms with E-state index in [4.69, 9.17) is 11.6 Å². The molecular formula is C13H9Br2ClN2O2. The Labute approximate surface area is 137 Å². The largest absolute Gasteiger partial charge is 0.379 e. The van der Waals surface area contributed by atoms with Crippen LogP contribution < -0.4 is 5.32 Å². The topological polar surface area (TPSA) is 55.2 Å². The molecule has 0 fully saturated rings. The Morgan fingerprint density at radius 1 is 1.20 bits per heavy atom. The number of hydrogen-bond acceptors (Lipinski definition) is 3. The number of para-hydroxylation sites is 1. The van der Waals surface area contributed by atoms with E-state index < -0.39 is 4.92 Å². The highest BCUT2D eigenvalue weighted by Crippen LogP contribution is 2.31. The van der Waals surface area contributed by atoms with Crippen LogP contribution in [0.1, 0.15) is 5.56 Å². The molecule has 2 aromatic rings. The van der Waals surface area contributed by atoms with Crippen LogP contribution in [0, 0.1) is 10.1 Å². The molecule has 0 aliphatic heterocycles. The molecule has 7 heteroatoms. The first-order valence-corrected chi connectivity index (χ1v) is 7.56. The number of halogens is 3. The predicted molar refractivity (Wildman–Crippen MR) is 87.3 cm³/mol. The van der Waals surface area contributed by atoms with Gasteiger partial charge in [-0.2, -0.15) is 0 Å². The summed E-state index contributed by atoms with van der Waals surface area (Å²) in [4.78, 5) is 10.2. The van der Waals surface area contributed by atoms with Crippen molar-refractivity contribution in [1.29, 1.82) is 0 Å². The molecule has 4 nitrogen and oxygen atoms in total. The van der Waals surface area contributed by atoms with Gasteiger partial charge in [-0.3, -0.25) is 10.1 Å². The number of nitro benzene ring substituents is 1. The van der Waals surface area contributed by atoms with Crippen molar-refractivity contribution in [2.75, 3.05) is 5.32 Å². The van der Waals surface area contributed by atoms with Gasteiger partial charge in [-0.15, -0.1) is 0 Å². The summed E-state index contributed by atoms with van der Waals surface area (Å²) in [5, 5.41) is 14.3. The van der Waals surface area contributed by atoms with Crippen LogP contribution in [-0.4, -0.2) is 4.92 Å². The average Bonchev–Trinajstić information content (AvgIpc) is 2.39. The first kappa shape index (κ1) is 15.3. The van der Waals surface area contributed by atoms with Gasteiger partial charge in [0.15, 0.2) is 0 Å². The van der Waals surface area contributed by atoms with E-state index in [1.54, 1.807) is 6.07 Å². The summed E-state index contributed by atoms with van der Waals surface area (Å²) in [5.41, 5.74) is 1.68. The SMILES string of the molecule is O=[N+]([O-])c1ccc(CNc2c(Br)cccc2Br)c(Cl)c1. The number of rotatable bonds is 4. The standard InChI is InChI=1S/C13H9Br2ClN2O2/c14-10-2-1-3-11(15)13(10)17-7-8-4-5-9(18(19)20)6-12(8)16/h1-6,17H,7H2. The van der Waals surface area contributed by atoms with Crippen LogP contribution in [0.2, 0.25) is 5.02 Å². The van der Waals surface area contributed by atoms with Gasteiger partial charge in [0.05, 0.1) is 15.6 Å². The van der Waals surface area contributed by atoms with Crippen LogP contribution in [-0.2, 0) is 6.54 Å². The Hall–Kier alpha value is -1.11. The van der Waals surface area contributed by atoms with Crippen molar-refractivity contribution in [2.24, 2.45) is 0 Å². The lowest BCUT2D eigenvalue weighted by atomic mass is 10.2. The van der Waals surface area contributed by atoms with Crippen LogP contribution in [0.5, 0.6) is 0 Å². The fourth-order valence-corrected chi connectivity index (χ4v) is 3.16. The van der Waals surface area contributed by atoms with Gasteiger partial charge in [0, 0.05) is 27.6 Å². The fraction of sp³-hybridized carbons (Fsp3) is 0.0769. The monoisotopic (exact) mass is 418 g/mol. The molecule has 2 rings (SSSR count). The lowest BCUT2D eigenvalue weighted by Crippen LogP contribution is -2.02. The van der Waals surface area contributed by atoms with E-state index in [9.17, 15) is 10.1 Å². The molecule has 0 amide bonds. The zero-order valence-corrected chi connectivity index (χ0v) is 14.0. The highest BCUT2D eigenvalue weighted by molar-refractivity contribution is 9.11. The third-order valence-corrected chi connectivity index (χ3v) is 4.34. The molecule has 0 radical (unpaired) electrons. The van der Waals surface area contributed by atoms with Crippen LogP contribution in [0.25, 0.3) is 0 Å². The van der Waals surface area contributed by atoms with Gasteiger partial charge in [-0.25, -0.2) is 0 Å². The normalized spacial score (nSPS) is 10.3. The molecule has 0 spiro atoms. The Morgan fingerprint density at radius 3 is 2.40 bits per heavy atom. The molecule has 1 N–H and O–H groups in total. The van der Waals surface area contributed by atoms with Gasteiger partial charge in [-0.05, 0) is 55.6 Å². The van der Waals surface area contributed by atoms with Crippen molar-refractivity contribution in [1.82, 2.24) is 0 Å². The van der Waals surface area contributed by atoms with Crippen LogP contribution in [0.15, 0.2) is 45.3 Å². The number of anilines is 1. The number of non-ortho nitro benzene ring substituents is 1. The minimum Gasteiger partial charge on any atom is -0.379 e. The number of nitro groups is 1. The number of nitrogens with one attached hydrogen (secondary N) is 1. The van der Waals surface area contributed by atoms with E-state index in [2.05, 4.69) is 37.2 Å². The molecule has 2 aromatic carbocycles. The fourth-order valence-electron chi connectivity index (χ4n) is 1.64. The van der Waals surface area contributed by atoms with Gasteiger partial charge in [-0.1, -0.05) is 17.7 Å². The van der Waals surface area contributed by atoms with Gasteiger partial charge in [0.2, 0.25) is 0 Å². The zero-order valence-electron chi connectivity index (χ0n) is 10.1. The molecule has 104 valence electrons. The van der Waals surface area contributed by atoms with Crippen molar-refractivity contribution in [3.05, 3.63) is 66.0 Å². The third-order valence-electron chi connectivity index (χ3n) is 2.67. The van der Waals surface area contributed by atoms with Crippen LogP contribution in [0.4, 0.5) is 11.4 Å². The Bertz CT molecular complexity index is 645. The maximum atomic E-state index is 10.7. The second kappa shape index (κ2) is 6.56. The summed E-state index contributed by atoms with van der Waals surface area (Å²) in [5.74, 6) is 0. The molecule has 0 bridgehead atoms. The third kappa shape index (κ3) is 3.50. The predicted octanol–water partition coefficient (Wildman–Crippen LogP) is 5.39. The Morgan fingerprint density at radius 2 is 1.85 bits per heavy atom.